The van der Waals surface area contributed by atoms with Crippen molar-refractivity contribution in [1.29, 1.82) is 0 Å². The monoisotopic (exact) mass is 240 g/mol. The van der Waals surface area contributed by atoms with Crippen molar-refractivity contribution in [2.45, 2.75) is 58.3 Å². The van der Waals surface area contributed by atoms with E-state index in [2.05, 4.69) is 19.2 Å². The molecule has 2 fully saturated rings. The molecule has 0 aromatic heterocycles. The minimum atomic E-state index is -0.207. The molecule has 2 unspecified atom stereocenters. The van der Waals surface area contributed by atoms with Crippen molar-refractivity contribution in [3.8, 4) is 0 Å². The number of carbonyl (C=O) groups excluding carboxylic acids is 1. The highest BCUT2D eigenvalue weighted by atomic mass is 16.5. The minimum absolute atomic E-state index is 0.112. The fraction of sp³-hybridized carbons (Fsp3) is 0.923. The van der Waals surface area contributed by atoms with Crippen molar-refractivity contribution in [3.05, 3.63) is 0 Å². The molecule has 1 N–H and O–H groups in total. The molecular formula is C13H24N2O2. The van der Waals surface area contributed by atoms with Crippen LogP contribution in [-0.2, 0) is 9.53 Å². The second kappa shape index (κ2) is 4.58. The normalized spacial score (nSPS) is 28.2. The average Bonchev–Trinajstić information content (AvgIpc) is 2.98. The zero-order valence-electron chi connectivity index (χ0n) is 11.3. The summed E-state index contributed by atoms with van der Waals surface area (Å²) in [7, 11) is 0. The molecule has 4 nitrogen and oxygen atoms in total. The summed E-state index contributed by atoms with van der Waals surface area (Å²) in [4.78, 5) is 14.3. The number of hydrogen-bond donors (Lipinski definition) is 1. The average molecular weight is 240 g/mol. The van der Waals surface area contributed by atoms with Gasteiger partial charge in [0.25, 0.3) is 0 Å². The van der Waals surface area contributed by atoms with E-state index in [1.165, 1.54) is 0 Å². The fourth-order valence-electron chi connectivity index (χ4n) is 2.64. The standard InChI is InChI=1S/C13H24N2O2/c1-5-17-10(4)8-15-11(9(2)3)14-13(6-7-13)12(15)16/h9-11,14H,5-8H2,1-4H3. The number of carbonyl (C=O) groups is 1. The summed E-state index contributed by atoms with van der Waals surface area (Å²) < 4.78 is 5.55. The molecule has 0 aromatic carbocycles. The number of nitrogens with zero attached hydrogens (tertiary/aromatic N) is 1. The lowest BCUT2D eigenvalue weighted by atomic mass is 10.1. The Morgan fingerprint density at radius 3 is 2.59 bits per heavy atom. The smallest absolute Gasteiger partial charge is 0.244 e. The van der Waals surface area contributed by atoms with Gasteiger partial charge >= 0.3 is 0 Å². The Morgan fingerprint density at radius 1 is 1.47 bits per heavy atom. The van der Waals surface area contributed by atoms with Gasteiger partial charge < -0.3 is 9.64 Å². The summed E-state index contributed by atoms with van der Waals surface area (Å²) in [5.74, 6) is 0.718. The van der Waals surface area contributed by atoms with Crippen molar-refractivity contribution in [3.63, 3.8) is 0 Å². The molecule has 2 aliphatic rings. The van der Waals surface area contributed by atoms with E-state index in [0.717, 1.165) is 12.8 Å². The molecule has 1 aliphatic carbocycles. The van der Waals surface area contributed by atoms with Gasteiger partial charge in [0.1, 0.15) is 0 Å². The third kappa shape index (κ3) is 2.33. The van der Waals surface area contributed by atoms with Gasteiger partial charge in [-0.2, -0.15) is 0 Å². The van der Waals surface area contributed by atoms with E-state index in [9.17, 15) is 4.79 Å². The summed E-state index contributed by atoms with van der Waals surface area (Å²) in [6, 6.07) is 0. The van der Waals surface area contributed by atoms with Gasteiger partial charge in [-0.3, -0.25) is 10.1 Å². The van der Waals surface area contributed by atoms with Crippen LogP contribution in [0.15, 0.2) is 0 Å². The van der Waals surface area contributed by atoms with Gasteiger partial charge in [-0.25, -0.2) is 0 Å². The van der Waals surface area contributed by atoms with Crippen LogP contribution in [-0.4, -0.2) is 41.8 Å². The van der Waals surface area contributed by atoms with Crippen LogP contribution < -0.4 is 5.32 Å². The first kappa shape index (κ1) is 12.8. The molecule has 1 amide bonds. The first-order chi connectivity index (χ1) is 8.00. The Hall–Kier alpha value is -0.610. The minimum Gasteiger partial charge on any atom is -0.377 e. The molecule has 0 bridgehead atoms. The number of ether oxygens (including phenoxy) is 1. The third-order valence-corrected chi connectivity index (χ3v) is 3.72. The molecule has 4 heteroatoms. The van der Waals surface area contributed by atoms with Crippen LogP contribution in [0, 0.1) is 5.92 Å². The predicted molar refractivity (Wildman–Crippen MR) is 66.5 cm³/mol. The molecular weight excluding hydrogens is 216 g/mol. The van der Waals surface area contributed by atoms with Gasteiger partial charge in [0, 0.05) is 13.2 Å². The maximum absolute atomic E-state index is 12.4. The third-order valence-electron chi connectivity index (χ3n) is 3.72. The van der Waals surface area contributed by atoms with Crippen LogP contribution in [0.1, 0.15) is 40.5 Å². The van der Waals surface area contributed by atoms with E-state index >= 15 is 0 Å². The highest BCUT2D eigenvalue weighted by Crippen LogP contribution is 2.43. The van der Waals surface area contributed by atoms with Gasteiger partial charge in [-0.05, 0) is 32.6 Å². The van der Waals surface area contributed by atoms with Gasteiger partial charge in [0.05, 0.1) is 17.8 Å². The summed E-state index contributed by atoms with van der Waals surface area (Å²) >= 11 is 0. The zero-order valence-corrected chi connectivity index (χ0v) is 11.3. The van der Waals surface area contributed by atoms with Gasteiger partial charge in [-0.1, -0.05) is 13.8 Å². The maximum Gasteiger partial charge on any atom is 0.244 e. The Morgan fingerprint density at radius 2 is 2.12 bits per heavy atom. The van der Waals surface area contributed by atoms with Crippen molar-refractivity contribution in [2.75, 3.05) is 13.2 Å². The molecule has 0 radical (unpaired) electrons. The first-order valence-corrected chi connectivity index (χ1v) is 6.70. The molecule has 17 heavy (non-hydrogen) atoms. The lowest BCUT2D eigenvalue weighted by Crippen LogP contribution is -2.44. The van der Waals surface area contributed by atoms with E-state index in [-0.39, 0.29) is 23.7 Å². The van der Waals surface area contributed by atoms with Crippen LogP contribution in [0.2, 0.25) is 0 Å². The van der Waals surface area contributed by atoms with Gasteiger partial charge in [0.15, 0.2) is 0 Å². The van der Waals surface area contributed by atoms with Gasteiger partial charge in [0.2, 0.25) is 5.91 Å². The zero-order chi connectivity index (χ0) is 12.6. The van der Waals surface area contributed by atoms with Crippen molar-refractivity contribution < 1.29 is 9.53 Å². The summed E-state index contributed by atoms with van der Waals surface area (Å²) in [6.45, 7) is 9.74. The summed E-state index contributed by atoms with van der Waals surface area (Å²) in [5.41, 5.74) is -0.207. The number of nitrogens with one attached hydrogen (secondary N) is 1. The lowest BCUT2D eigenvalue weighted by Gasteiger charge is -2.29. The topological polar surface area (TPSA) is 41.6 Å². The van der Waals surface area contributed by atoms with Crippen molar-refractivity contribution in [1.82, 2.24) is 10.2 Å². The molecule has 1 spiro atoms. The fourth-order valence-corrected chi connectivity index (χ4v) is 2.64. The number of hydrogen-bond acceptors (Lipinski definition) is 3. The van der Waals surface area contributed by atoms with E-state index < -0.39 is 0 Å². The molecule has 2 atom stereocenters. The molecule has 1 saturated heterocycles. The quantitative estimate of drug-likeness (QED) is 0.789. The summed E-state index contributed by atoms with van der Waals surface area (Å²) in [6.07, 6.45) is 2.28. The molecule has 1 heterocycles. The Bertz CT molecular complexity index is 300. The molecule has 2 rings (SSSR count). The van der Waals surface area contributed by atoms with E-state index in [4.69, 9.17) is 4.74 Å². The maximum atomic E-state index is 12.4. The van der Waals surface area contributed by atoms with Crippen molar-refractivity contribution >= 4 is 5.91 Å². The van der Waals surface area contributed by atoms with E-state index in [0.29, 0.717) is 19.1 Å². The highest BCUT2D eigenvalue weighted by Gasteiger charge is 2.59. The highest BCUT2D eigenvalue weighted by molar-refractivity contribution is 5.91. The summed E-state index contributed by atoms with van der Waals surface area (Å²) in [5, 5.41) is 3.51. The predicted octanol–water partition coefficient (Wildman–Crippen LogP) is 1.36. The van der Waals surface area contributed by atoms with Crippen LogP contribution in [0.3, 0.4) is 0 Å². The largest absolute Gasteiger partial charge is 0.377 e. The molecule has 1 saturated carbocycles. The number of rotatable bonds is 5. The van der Waals surface area contributed by atoms with E-state index in [1.807, 2.05) is 18.7 Å². The molecule has 0 aromatic rings. The second-order valence-electron chi connectivity index (χ2n) is 5.64. The molecule has 1 aliphatic heterocycles. The lowest BCUT2D eigenvalue weighted by molar-refractivity contribution is -0.133. The van der Waals surface area contributed by atoms with Gasteiger partial charge in [-0.15, -0.1) is 0 Å². The van der Waals surface area contributed by atoms with E-state index in [1.54, 1.807) is 0 Å². The van der Waals surface area contributed by atoms with Crippen molar-refractivity contribution in [2.24, 2.45) is 5.92 Å². The van der Waals surface area contributed by atoms with Crippen LogP contribution in [0.25, 0.3) is 0 Å². The Labute approximate surface area is 104 Å². The first-order valence-electron chi connectivity index (χ1n) is 6.70. The Kier molecular flexibility index (Phi) is 3.46. The van der Waals surface area contributed by atoms with Crippen LogP contribution >= 0.6 is 0 Å². The Balaban J connectivity index is 2.04. The van der Waals surface area contributed by atoms with Crippen LogP contribution in [0.5, 0.6) is 0 Å². The number of amides is 1. The second-order valence-corrected chi connectivity index (χ2v) is 5.64. The van der Waals surface area contributed by atoms with Crippen LogP contribution in [0.4, 0.5) is 0 Å². The molecule has 98 valence electrons. The SMILES string of the molecule is CCOC(C)CN1C(=O)C2(CC2)NC1C(C)C.